The van der Waals surface area contributed by atoms with Gasteiger partial charge >= 0.3 is 0 Å². The first kappa shape index (κ1) is 45.1. The van der Waals surface area contributed by atoms with Crippen LogP contribution in [0.3, 0.4) is 0 Å². The molecule has 3 aromatic heterocycles. The Labute approximate surface area is 387 Å². The van der Waals surface area contributed by atoms with Crippen molar-refractivity contribution in [1.29, 1.82) is 0 Å². The molecule has 9 rings (SSSR count). The quantitative estimate of drug-likeness (QED) is 0.123. The highest BCUT2D eigenvalue weighted by Gasteiger charge is 2.26. The van der Waals surface area contributed by atoms with Crippen LogP contribution in [0.15, 0.2) is 157 Å². The first-order valence-electron chi connectivity index (χ1n) is 23.8. The van der Waals surface area contributed by atoms with E-state index in [1.807, 2.05) is 24.5 Å². The van der Waals surface area contributed by atoms with Gasteiger partial charge in [0.15, 0.2) is 0 Å². The van der Waals surface area contributed by atoms with E-state index in [0.29, 0.717) is 35.5 Å². The van der Waals surface area contributed by atoms with E-state index in [4.69, 9.17) is 14.4 Å². The maximum atomic E-state index is 6.43. The van der Waals surface area contributed by atoms with Crippen LogP contribution in [0.1, 0.15) is 128 Å². The highest BCUT2D eigenvalue weighted by molar-refractivity contribution is 6.07. The number of hydrogen-bond acceptors (Lipinski definition) is 3. The molecule has 65 heavy (non-hydrogen) atoms. The monoisotopic (exact) mass is 859 g/mol. The van der Waals surface area contributed by atoms with E-state index in [1.54, 1.807) is 0 Å². The molecular weight excluding hydrogens is 793 g/mol. The molecule has 0 aliphatic carbocycles. The van der Waals surface area contributed by atoms with E-state index in [0.717, 1.165) is 34.8 Å². The van der Waals surface area contributed by atoms with Gasteiger partial charge in [-0.3, -0.25) is 9.13 Å². The van der Waals surface area contributed by atoms with E-state index in [9.17, 15) is 0 Å². The second-order valence-corrected chi connectivity index (χ2v) is 19.4. The lowest BCUT2D eigenvalue weighted by Gasteiger charge is -2.24. The molecule has 332 valence electrons. The maximum absolute atomic E-state index is 6.43. The Morgan fingerprint density at radius 1 is 0.477 bits per heavy atom. The van der Waals surface area contributed by atoms with Gasteiger partial charge in [0.2, 0.25) is 0 Å². The molecule has 0 N–H and O–H groups in total. The molecule has 0 fully saturated rings. The molecule has 3 heterocycles. The number of imidazole rings is 2. The lowest BCUT2D eigenvalue weighted by Crippen LogP contribution is -2.11. The average molecular weight is 859 g/mol. The fraction of sp³-hybridized carbons (Fsp3) is 0.300. The van der Waals surface area contributed by atoms with Crippen molar-refractivity contribution in [2.45, 2.75) is 106 Å². The highest BCUT2D eigenvalue weighted by atomic mass is 16.3. The molecular formula is C60H66N4O. The largest absolute Gasteiger partial charge is 0.456 e. The summed E-state index contributed by atoms with van der Waals surface area (Å²) in [7, 11) is 0. The zero-order valence-corrected chi connectivity index (χ0v) is 40.3. The minimum atomic E-state index is 0.299. The molecule has 1 atom stereocenters. The molecule has 0 aliphatic heterocycles. The predicted molar refractivity (Wildman–Crippen MR) is 275 cm³/mol. The topological polar surface area (TPSA) is 48.8 Å². The molecule has 9 aromatic rings. The average Bonchev–Trinajstić information content (AvgIpc) is 4.08. The predicted octanol–water partition coefficient (Wildman–Crippen LogP) is 17.0. The van der Waals surface area contributed by atoms with Crippen LogP contribution in [0.4, 0.5) is 0 Å². The third-order valence-electron chi connectivity index (χ3n) is 13.2. The molecule has 0 spiro atoms. The van der Waals surface area contributed by atoms with Crippen molar-refractivity contribution in [2.75, 3.05) is 0 Å². The number of nitrogens with zero attached hydrogens (tertiary/aromatic N) is 4. The Morgan fingerprint density at radius 2 is 1.00 bits per heavy atom. The number of fused-ring (bicyclic) bond motifs is 3. The summed E-state index contributed by atoms with van der Waals surface area (Å²) in [5, 5.41) is 2.37. The van der Waals surface area contributed by atoms with Crippen LogP contribution in [0, 0.1) is 11.8 Å². The van der Waals surface area contributed by atoms with Crippen LogP contribution in [0.25, 0.3) is 67.2 Å². The van der Waals surface area contributed by atoms with Gasteiger partial charge in [0.1, 0.15) is 22.8 Å². The summed E-state index contributed by atoms with van der Waals surface area (Å²) in [6.45, 7) is 25.2. The van der Waals surface area contributed by atoms with E-state index < -0.39 is 0 Å². The molecule has 0 unspecified atom stereocenters. The van der Waals surface area contributed by atoms with Gasteiger partial charge in [-0.25, -0.2) is 9.97 Å². The third kappa shape index (κ3) is 9.12. The summed E-state index contributed by atoms with van der Waals surface area (Å²) < 4.78 is 11.0. The lowest BCUT2D eigenvalue weighted by atomic mass is 9.87. The maximum Gasteiger partial charge on any atom is 0.144 e. The summed E-state index contributed by atoms with van der Waals surface area (Å²) in [5.41, 5.74) is 16.0. The number of hydrogen-bond donors (Lipinski definition) is 0. The number of para-hydroxylation sites is 1. The summed E-state index contributed by atoms with van der Waals surface area (Å²) in [6.07, 6.45) is 9.12. The number of aromatic nitrogens is 4. The Balaban J connectivity index is 0.000000179. The van der Waals surface area contributed by atoms with Crippen molar-refractivity contribution in [2.24, 2.45) is 11.8 Å². The number of furan rings is 1. The second kappa shape index (κ2) is 19.3. The Bertz CT molecular complexity index is 2990. The Hall–Kier alpha value is -6.46. The zero-order chi connectivity index (χ0) is 45.9. The van der Waals surface area contributed by atoms with Crippen molar-refractivity contribution < 1.29 is 4.42 Å². The third-order valence-corrected chi connectivity index (χ3v) is 13.2. The van der Waals surface area contributed by atoms with Crippen molar-refractivity contribution in [3.63, 3.8) is 0 Å². The molecule has 0 radical (unpaired) electrons. The van der Waals surface area contributed by atoms with E-state index in [-0.39, 0.29) is 0 Å². The minimum absolute atomic E-state index is 0.299. The Kier molecular flexibility index (Phi) is 13.4. The van der Waals surface area contributed by atoms with Crippen LogP contribution in [-0.2, 0) is 6.42 Å². The summed E-state index contributed by atoms with van der Waals surface area (Å²) >= 11 is 0. The van der Waals surface area contributed by atoms with E-state index in [2.05, 4.69) is 213 Å². The normalized spacial score (nSPS) is 12.3. The highest BCUT2D eigenvalue weighted by Crippen LogP contribution is 2.43. The van der Waals surface area contributed by atoms with Gasteiger partial charge in [0, 0.05) is 52.3 Å². The fourth-order valence-electron chi connectivity index (χ4n) is 9.24. The van der Waals surface area contributed by atoms with E-state index in [1.165, 1.54) is 66.7 Å². The number of rotatable bonds is 12. The van der Waals surface area contributed by atoms with Gasteiger partial charge in [-0.15, -0.1) is 0 Å². The first-order valence-corrected chi connectivity index (χ1v) is 23.8. The van der Waals surface area contributed by atoms with Crippen molar-refractivity contribution >= 4 is 21.9 Å². The van der Waals surface area contributed by atoms with E-state index >= 15 is 0 Å². The van der Waals surface area contributed by atoms with Gasteiger partial charge in [0.05, 0.1) is 11.4 Å². The van der Waals surface area contributed by atoms with Gasteiger partial charge in [-0.1, -0.05) is 179 Å². The molecule has 0 aliphatic rings. The van der Waals surface area contributed by atoms with Crippen LogP contribution < -0.4 is 0 Å². The Morgan fingerprint density at radius 3 is 1.60 bits per heavy atom. The smallest absolute Gasteiger partial charge is 0.144 e. The molecule has 6 aromatic carbocycles. The standard InChI is InChI=1S/C33H40N2.C27H26N2O/c1-22(2)25(7)19-27-15-11-12-16-29(27)33-34-17-18-35(33)32-30(23(3)4)20-28(21-31(32)24(5)6)26-13-9-8-10-14-26;1-17(2)21-16-22-20-12-8-9-13-23(20)30-26(22)24(18(3)4)25(21)29-15-14-28-27(29)19-10-6-5-7-11-19/h8-18,20-25H,19H2,1-7H3;5-18H,1-4H3/t25-;/m1./s1. The summed E-state index contributed by atoms with van der Waals surface area (Å²) in [5.74, 6) is 4.68. The molecule has 5 nitrogen and oxygen atoms in total. The molecule has 0 bridgehead atoms. The molecule has 0 saturated carbocycles. The molecule has 5 heteroatoms. The minimum Gasteiger partial charge on any atom is -0.456 e. The number of benzene rings is 6. The molecule has 0 amide bonds. The van der Waals surface area contributed by atoms with Crippen molar-refractivity contribution in [1.82, 2.24) is 19.1 Å². The van der Waals surface area contributed by atoms with Crippen LogP contribution in [0.2, 0.25) is 0 Å². The van der Waals surface area contributed by atoms with Crippen molar-refractivity contribution in [3.8, 4) is 45.3 Å². The van der Waals surface area contributed by atoms with Crippen LogP contribution in [0.5, 0.6) is 0 Å². The van der Waals surface area contributed by atoms with Gasteiger partial charge in [-0.05, 0) is 99.6 Å². The second-order valence-electron chi connectivity index (χ2n) is 19.4. The van der Waals surface area contributed by atoms with Crippen LogP contribution in [-0.4, -0.2) is 19.1 Å². The SMILES string of the molecule is CC(C)c1cc(-c2ccccc2)cc(C(C)C)c1-n1ccnc1-c1ccccc1C[C@@H](C)C(C)C.CC(C)c1cc2c(oc3ccccc32)c(C(C)C)c1-n1ccnc1-c1ccccc1. The zero-order valence-electron chi connectivity index (χ0n) is 40.3. The summed E-state index contributed by atoms with van der Waals surface area (Å²) in [6, 6.07) is 45.4. The van der Waals surface area contributed by atoms with Crippen molar-refractivity contribution in [3.05, 3.63) is 180 Å². The van der Waals surface area contributed by atoms with Crippen LogP contribution >= 0.6 is 0 Å². The van der Waals surface area contributed by atoms with Gasteiger partial charge in [0.25, 0.3) is 0 Å². The first-order chi connectivity index (χ1) is 31.3. The lowest BCUT2D eigenvalue weighted by molar-refractivity contribution is 0.417. The van der Waals surface area contributed by atoms with Gasteiger partial charge < -0.3 is 4.42 Å². The fourth-order valence-corrected chi connectivity index (χ4v) is 9.24. The molecule has 0 saturated heterocycles. The summed E-state index contributed by atoms with van der Waals surface area (Å²) in [4.78, 5) is 9.64. The van der Waals surface area contributed by atoms with Gasteiger partial charge in [-0.2, -0.15) is 0 Å².